The van der Waals surface area contributed by atoms with Crippen LogP contribution in [0.1, 0.15) is 54.9 Å². The van der Waals surface area contributed by atoms with Crippen molar-refractivity contribution in [3.8, 4) is 0 Å². The molecule has 0 N–H and O–H groups in total. The highest BCUT2D eigenvalue weighted by atomic mass is 16.5. The van der Waals surface area contributed by atoms with Crippen LogP contribution < -0.4 is 0 Å². The molecule has 0 aromatic heterocycles. The van der Waals surface area contributed by atoms with Crippen LogP contribution in [0.2, 0.25) is 0 Å². The number of allylic oxidation sites excluding steroid dienone is 1. The highest BCUT2D eigenvalue weighted by molar-refractivity contribution is 6.22. The van der Waals surface area contributed by atoms with Crippen LogP contribution in [0.4, 0.5) is 0 Å². The minimum atomic E-state index is 0.0304. The van der Waals surface area contributed by atoms with E-state index in [1.807, 2.05) is 24.3 Å². The molecule has 0 aliphatic heterocycles. The second-order valence-corrected chi connectivity index (χ2v) is 5.39. The molecule has 0 bridgehead atoms. The zero-order chi connectivity index (χ0) is 14.4. The molecule has 1 aliphatic carbocycles. The molecule has 1 aromatic carbocycles. The molecule has 3 heteroatoms. The third-order valence-corrected chi connectivity index (χ3v) is 3.73. The number of carbonyl (C=O) groups excluding carboxylic acids is 1. The zero-order valence-corrected chi connectivity index (χ0v) is 12.1. The van der Waals surface area contributed by atoms with Gasteiger partial charge in [0, 0.05) is 5.56 Å². The SMILES string of the molecule is [B]/C1=C\CCCCCC1OCc1ccc(C(C)=O)cc1. The lowest BCUT2D eigenvalue weighted by Gasteiger charge is -2.21. The highest BCUT2D eigenvalue weighted by Gasteiger charge is 2.12. The predicted molar refractivity (Wildman–Crippen MR) is 81.9 cm³/mol. The van der Waals surface area contributed by atoms with Gasteiger partial charge in [-0.1, -0.05) is 48.7 Å². The summed E-state index contributed by atoms with van der Waals surface area (Å²) in [5, 5.41) is 0. The molecule has 1 aliphatic rings. The predicted octanol–water partition coefficient (Wildman–Crippen LogP) is 3.79. The zero-order valence-electron chi connectivity index (χ0n) is 12.1. The summed E-state index contributed by atoms with van der Waals surface area (Å²) in [6.07, 6.45) is 7.82. The average Bonchev–Trinajstić information content (AvgIpc) is 2.43. The maximum absolute atomic E-state index is 11.2. The standard InChI is InChI=1S/C17H21BO2/c1-13(19)15-10-8-14(9-11-15)12-20-17-7-5-3-2-4-6-16(17)18/h6,8-11,17H,2-5,7,12H2,1H3/b16-6-. The normalized spacial score (nSPS) is 22.4. The van der Waals surface area contributed by atoms with E-state index in [9.17, 15) is 4.79 Å². The molecule has 1 aromatic rings. The van der Waals surface area contributed by atoms with Gasteiger partial charge in [-0.2, -0.15) is 0 Å². The topological polar surface area (TPSA) is 26.3 Å². The van der Waals surface area contributed by atoms with Crippen LogP contribution in [-0.4, -0.2) is 19.7 Å². The summed E-state index contributed by atoms with van der Waals surface area (Å²) in [6.45, 7) is 2.11. The summed E-state index contributed by atoms with van der Waals surface area (Å²) < 4.78 is 5.94. The Balaban J connectivity index is 1.93. The molecule has 104 valence electrons. The third kappa shape index (κ3) is 4.34. The Morgan fingerprint density at radius 3 is 2.70 bits per heavy atom. The van der Waals surface area contributed by atoms with Gasteiger partial charge >= 0.3 is 0 Å². The van der Waals surface area contributed by atoms with Crippen molar-refractivity contribution < 1.29 is 9.53 Å². The number of benzene rings is 1. The van der Waals surface area contributed by atoms with E-state index in [-0.39, 0.29) is 11.9 Å². The third-order valence-electron chi connectivity index (χ3n) is 3.73. The molecule has 20 heavy (non-hydrogen) atoms. The molecule has 0 saturated heterocycles. The fourth-order valence-electron chi connectivity index (χ4n) is 2.43. The van der Waals surface area contributed by atoms with E-state index in [1.165, 1.54) is 19.3 Å². The summed E-state index contributed by atoms with van der Waals surface area (Å²) in [5.74, 6) is 0.0877. The first-order chi connectivity index (χ1) is 9.66. The average molecular weight is 268 g/mol. The molecule has 0 fully saturated rings. The van der Waals surface area contributed by atoms with Gasteiger partial charge in [-0.3, -0.25) is 4.79 Å². The Morgan fingerprint density at radius 1 is 1.25 bits per heavy atom. The van der Waals surface area contributed by atoms with E-state index in [4.69, 9.17) is 12.6 Å². The van der Waals surface area contributed by atoms with Gasteiger partial charge in [-0.25, -0.2) is 0 Å². The molecule has 0 saturated carbocycles. The van der Waals surface area contributed by atoms with Crippen molar-refractivity contribution in [1.29, 1.82) is 0 Å². The lowest BCUT2D eigenvalue weighted by molar-refractivity contribution is 0.0608. The molecule has 1 atom stereocenters. The number of ketones is 1. The summed E-state index contributed by atoms with van der Waals surface area (Å²) in [5.41, 5.74) is 2.68. The Morgan fingerprint density at radius 2 is 2.00 bits per heavy atom. The molecular formula is C17H21BO2. The second kappa shape index (κ2) is 7.44. The van der Waals surface area contributed by atoms with Crippen LogP contribution in [0.15, 0.2) is 35.8 Å². The summed E-state index contributed by atoms with van der Waals surface area (Å²) >= 11 is 0. The number of Topliss-reactive ketones (excluding diaryl/α,β-unsaturated/α-hetero) is 1. The molecule has 0 amide bonds. The van der Waals surface area contributed by atoms with E-state index in [0.717, 1.165) is 29.4 Å². The summed E-state index contributed by atoms with van der Waals surface area (Å²) in [6, 6.07) is 7.58. The second-order valence-electron chi connectivity index (χ2n) is 5.39. The van der Waals surface area contributed by atoms with Gasteiger partial charge in [-0.05, 0) is 31.7 Å². The first-order valence-corrected chi connectivity index (χ1v) is 7.34. The van der Waals surface area contributed by atoms with Crippen molar-refractivity contribution >= 4 is 13.6 Å². The van der Waals surface area contributed by atoms with Gasteiger partial charge < -0.3 is 4.74 Å². The Bertz CT molecular complexity index is 476. The number of ether oxygens (including phenoxy) is 1. The molecule has 0 spiro atoms. The lowest BCUT2D eigenvalue weighted by Crippen LogP contribution is -2.17. The van der Waals surface area contributed by atoms with E-state index in [2.05, 4.69) is 6.08 Å². The Kier molecular flexibility index (Phi) is 5.60. The number of carbonyl (C=O) groups is 1. The molecule has 2 rings (SSSR count). The van der Waals surface area contributed by atoms with Crippen LogP contribution in [0.5, 0.6) is 0 Å². The lowest BCUT2D eigenvalue weighted by atomic mass is 9.84. The van der Waals surface area contributed by atoms with Crippen molar-refractivity contribution in [2.75, 3.05) is 0 Å². The smallest absolute Gasteiger partial charge is 0.159 e. The number of rotatable bonds is 4. The van der Waals surface area contributed by atoms with E-state index in [1.54, 1.807) is 6.92 Å². The minimum Gasteiger partial charge on any atom is -0.370 e. The van der Waals surface area contributed by atoms with Crippen LogP contribution in [0.3, 0.4) is 0 Å². The van der Waals surface area contributed by atoms with Crippen molar-refractivity contribution in [2.45, 2.75) is 51.7 Å². The first kappa shape index (κ1) is 15.1. The summed E-state index contributed by atoms with van der Waals surface area (Å²) in [7, 11) is 6.07. The fraction of sp³-hybridized carbons (Fsp3) is 0.471. The van der Waals surface area contributed by atoms with Crippen molar-refractivity contribution in [2.24, 2.45) is 0 Å². The molecule has 0 heterocycles. The molecule has 2 radical (unpaired) electrons. The monoisotopic (exact) mass is 268 g/mol. The van der Waals surface area contributed by atoms with Gasteiger partial charge in [0.25, 0.3) is 0 Å². The van der Waals surface area contributed by atoms with Crippen LogP contribution in [0, 0.1) is 0 Å². The van der Waals surface area contributed by atoms with E-state index in [0.29, 0.717) is 6.61 Å². The van der Waals surface area contributed by atoms with Gasteiger partial charge in [0.2, 0.25) is 0 Å². The van der Waals surface area contributed by atoms with Gasteiger partial charge in [-0.15, -0.1) is 0 Å². The van der Waals surface area contributed by atoms with Gasteiger partial charge in [0.1, 0.15) is 7.85 Å². The highest BCUT2D eigenvalue weighted by Crippen LogP contribution is 2.20. The van der Waals surface area contributed by atoms with Crippen molar-refractivity contribution in [3.05, 3.63) is 46.9 Å². The molecule has 1 unspecified atom stereocenters. The van der Waals surface area contributed by atoms with Crippen LogP contribution in [0.25, 0.3) is 0 Å². The van der Waals surface area contributed by atoms with E-state index >= 15 is 0 Å². The Hall–Kier alpha value is -1.35. The van der Waals surface area contributed by atoms with Gasteiger partial charge in [0.05, 0.1) is 12.7 Å². The number of hydrogen-bond donors (Lipinski definition) is 0. The first-order valence-electron chi connectivity index (χ1n) is 7.34. The van der Waals surface area contributed by atoms with Crippen molar-refractivity contribution in [3.63, 3.8) is 0 Å². The maximum atomic E-state index is 11.2. The number of hydrogen-bond acceptors (Lipinski definition) is 2. The van der Waals surface area contributed by atoms with Crippen LogP contribution in [-0.2, 0) is 11.3 Å². The van der Waals surface area contributed by atoms with E-state index < -0.39 is 0 Å². The van der Waals surface area contributed by atoms with Crippen LogP contribution >= 0.6 is 0 Å². The Labute approximate surface area is 122 Å². The largest absolute Gasteiger partial charge is 0.370 e. The quantitative estimate of drug-likeness (QED) is 0.613. The van der Waals surface area contributed by atoms with Gasteiger partial charge in [0.15, 0.2) is 5.78 Å². The maximum Gasteiger partial charge on any atom is 0.159 e. The van der Waals surface area contributed by atoms with Crippen molar-refractivity contribution in [1.82, 2.24) is 0 Å². The fourth-order valence-corrected chi connectivity index (χ4v) is 2.43. The molecule has 2 nitrogen and oxygen atoms in total. The minimum absolute atomic E-state index is 0.0304. The molecular weight excluding hydrogens is 247 g/mol. The summed E-state index contributed by atoms with van der Waals surface area (Å²) in [4.78, 5) is 11.2.